The fourth-order valence-electron chi connectivity index (χ4n) is 8.78. The highest BCUT2D eigenvalue weighted by Gasteiger charge is 2.22. The average molecular weight is 1190 g/mol. The Morgan fingerprint density at radius 2 is 0.643 bits per heavy atom. The van der Waals surface area contributed by atoms with Crippen LogP contribution in [-0.2, 0) is 32.7 Å². The highest BCUT2D eigenvalue weighted by Crippen LogP contribution is 2.38. The minimum atomic E-state index is -4.65. The topological polar surface area (TPSA) is 111 Å². The minimum absolute atomic E-state index is 0.0402. The van der Waals surface area contributed by atoms with Crippen LogP contribution in [0.3, 0.4) is 0 Å². The van der Waals surface area contributed by atoms with E-state index in [-0.39, 0.29) is 26.1 Å². The van der Waals surface area contributed by atoms with Gasteiger partial charge in [0.15, 0.2) is 6.10 Å². The van der Waals surface area contributed by atoms with Crippen molar-refractivity contribution in [1.29, 1.82) is 0 Å². The van der Waals surface area contributed by atoms with Crippen molar-refractivity contribution < 1.29 is 42.1 Å². The largest absolute Gasteiger partial charge is 0.756 e. The van der Waals surface area contributed by atoms with Crippen LogP contribution in [0.15, 0.2) is 146 Å². The second-order valence-electron chi connectivity index (χ2n) is 23.1. The number of likely N-dealkylation sites (N-methyl/N-ethyl adjacent to an activating group) is 1. The number of quaternary nitrogens is 1. The number of rotatable bonds is 60. The predicted octanol–water partition coefficient (Wildman–Crippen LogP) is 21.2. The van der Waals surface area contributed by atoms with E-state index in [2.05, 4.69) is 160 Å². The van der Waals surface area contributed by atoms with Crippen molar-refractivity contribution in [2.24, 2.45) is 0 Å². The molecule has 2 unspecified atom stereocenters. The molecule has 0 aliphatic heterocycles. The molecule has 0 bridgehead atoms. The monoisotopic (exact) mass is 1190 g/mol. The lowest BCUT2D eigenvalue weighted by Gasteiger charge is -2.28. The first-order valence-electron chi connectivity index (χ1n) is 33.5. The number of carbonyl (C=O) groups excluding carboxylic acids is 2. The molecule has 0 amide bonds. The van der Waals surface area contributed by atoms with E-state index in [1.807, 2.05) is 21.1 Å². The zero-order valence-corrected chi connectivity index (χ0v) is 55.2. The molecule has 0 spiro atoms. The Labute approximate surface area is 516 Å². The Kier molecular flexibility index (Phi) is 60.3. The molecule has 9 nitrogen and oxygen atoms in total. The zero-order chi connectivity index (χ0) is 61.2. The minimum Gasteiger partial charge on any atom is -0.756 e. The summed E-state index contributed by atoms with van der Waals surface area (Å²) in [6.45, 7) is 3.99. The molecule has 2 atom stereocenters. The molecule has 0 aromatic rings. The lowest BCUT2D eigenvalue weighted by Crippen LogP contribution is -2.37. The van der Waals surface area contributed by atoms with E-state index in [1.165, 1.54) is 89.9 Å². The molecule has 0 fully saturated rings. The second kappa shape index (κ2) is 63.4. The van der Waals surface area contributed by atoms with E-state index in [1.54, 1.807) is 0 Å². The summed E-state index contributed by atoms with van der Waals surface area (Å²) >= 11 is 0. The van der Waals surface area contributed by atoms with Crippen LogP contribution in [0.25, 0.3) is 0 Å². The van der Waals surface area contributed by atoms with Crippen LogP contribution < -0.4 is 4.89 Å². The number of phosphoric acid groups is 1. The van der Waals surface area contributed by atoms with Gasteiger partial charge in [-0.3, -0.25) is 14.2 Å². The van der Waals surface area contributed by atoms with Crippen molar-refractivity contribution >= 4 is 19.8 Å². The van der Waals surface area contributed by atoms with E-state index in [0.717, 1.165) is 128 Å². The first kappa shape index (κ1) is 79.9. The second-order valence-corrected chi connectivity index (χ2v) is 24.5. The third-order valence-corrected chi connectivity index (χ3v) is 14.8. The molecule has 0 N–H and O–H groups in total. The third-order valence-electron chi connectivity index (χ3n) is 13.9. The van der Waals surface area contributed by atoms with Gasteiger partial charge in [0.25, 0.3) is 7.82 Å². The van der Waals surface area contributed by atoms with Gasteiger partial charge in [0.1, 0.15) is 19.8 Å². The zero-order valence-electron chi connectivity index (χ0n) is 54.3. The van der Waals surface area contributed by atoms with Crippen molar-refractivity contribution in [2.45, 2.75) is 264 Å². The smallest absolute Gasteiger partial charge is 0.306 e. The van der Waals surface area contributed by atoms with Crippen molar-refractivity contribution in [3.05, 3.63) is 146 Å². The van der Waals surface area contributed by atoms with Gasteiger partial charge in [0, 0.05) is 12.8 Å². The molecule has 84 heavy (non-hydrogen) atoms. The standard InChI is InChI=1S/C74H124NO8P/c1-6-8-10-12-14-16-18-20-22-24-26-28-29-30-31-32-33-34-35-36-37-38-39-40-41-42-43-44-45-47-49-51-53-55-57-59-61-63-65-67-74(77)83-72(71-82-84(78,79)81-69-68-75(3,4)5)70-80-73(76)66-64-62-60-58-56-54-52-50-48-46-27-25-23-21-19-17-15-13-11-9-7-2/h8-11,14-17,20-23,26-28,30-31,33-34,36-37,46,50,52,72H,6-7,12-13,18-19,24-25,29,32,35,38-45,47-49,51,53-71H2,1-5H3/b10-8-,11-9-,16-14-,17-15-,22-20-,23-21-,28-26-,31-30-,34-33-,37-36-,46-27-,52-50-. The predicted molar refractivity (Wildman–Crippen MR) is 360 cm³/mol. The molecule has 10 heteroatoms. The van der Waals surface area contributed by atoms with Crippen molar-refractivity contribution in [3.63, 3.8) is 0 Å². The van der Waals surface area contributed by atoms with Crippen molar-refractivity contribution in [2.75, 3.05) is 47.5 Å². The number of allylic oxidation sites excluding steroid dienone is 24. The molecule has 0 saturated carbocycles. The summed E-state index contributed by atoms with van der Waals surface area (Å²) in [4.78, 5) is 38.0. The first-order valence-corrected chi connectivity index (χ1v) is 35.0. The molecule has 0 radical (unpaired) electrons. The van der Waals surface area contributed by atoms with E-state index in [9.17, 15) is 19.0 Å². The van der Waals surface area contributed by atoms with Gasteiger partial charge >= 0.3 is 11.9 Å². The summed E-state index contributed by atoms with van der Waals surface area (Å²) in [5.41, 5.74) is 0. The number of esters is 2. The highest BCUT2D eigenvalue weighted by atomic mass is 31.2. The van der Waals surface area contributed by atoms with Crippen LogP contribution in [0.1, 0.15) is 258 Å². The van der Waals surface area contributed by atoms with E-state index in [0.29, 0.717) is 23.9 Å². The summed E-state index contributed by atoms with van der Waals surface area (Å²) in [5.74, 6) is -0.858. The number of hydrogen-bond donors (Lipinski definition) is 0. The van der Waals surface area contributed by atoms with Crippen LogP contribution >= 0.6 is 7.82 Å². The van der Waals surface area contributed by atoms with Crippen LogP contribution in [-0.4, -0.2) is 70.0 Å². The van der Waals surface area contributed by atoms with Gasteiger partial charge in [-0.15, -0.1) is 0 Å². The number of carbonyl (C=O) groups is 2. The molecular weight excluding hydrogens is 1060 g/mol. The Morgan fingerprint density at radius 1 is 0.369 bits per heavy atom. The maximum Gasteiger partial charge on any atom is 0.306 e. The number of phosphoric ester groups is 1. The van der Waals surface area contributed by atoms with Crippen molar-refractivity contribution in [1.82, 2.24) is 0 Å². The number of unbranched alkanes of at least 4 members (excludes halogenated alkanes) is 22. The summed E-state index contributed by atoms with van der Waals surface area (Å²) in [7, 11) is 1.14. The molecule has 0 aliphatic carbocycles. The van der Waals surface area contributed by atoms with Gasteiger partial charge in [-0.2, -0.15) is 0 Å². The van der Waals surface area contributed by atoms with Gasteiger partial charge in [-0.1, -0.05) is 275 Å². The van der Waals surface area contributed by atoms with Gasteiger partial charge in [0.05, 0.1) is 27.7 Å². The van der Waals surface area contributed by atoms with E-state index in [4.69, 9.17) is 18.5 Å². The Morgan fingerprint density at radius 3 is 0.952 bits per heavy atom. The van der Waals surface area contributed by atoms with Crippen molar-refractivity contribution in [3.8, 4) is 0 Å². The summed E-state index contributed by atoms with van der Waals surface area (Å²) in [6.07, 6.45) is 93.5. The number of nitrogens with zero attached hydrogens (tertiary/aromatic N) is 1. The van der Waals surface area contributed by atoms with Gasteiger partial charge in [-0.05, 0) is 116 Å². The third kappa shape index (κ3) is 67.0. The molecular formula is C74H124NO8P. The molecule has 0 saturated heterocycles. The Balaban J connectivity index is 4.06. The average Bonchev–Trinajstić information content (AvgIpc) is 3.61. The first-order chi connectivity index (χ1) is 41.0. The van der Waals surface area contributed by atoms with Crippen LogP contribution in [0.5, 0.6) is 0 Å². The molecule has 0 heterocycles. The molecule has 0 aromatic heterocycles. The van der Waals surface area contributed by atoms with E-state index >= 15 is 0 Å². The van der Waals surface area contributed by atoms with Gasteiger partial charge in [0.2, 0.25) is 0 Å². The molecule has 0 aromatic carbocycles. The maximum absolute atomic E-state index is 12.8. The lowest BCUT2D eigenvalue weighted by atomic mass is 10.0. The molecule has 478 valence electrons. The fourth-order valence-corrected chi connectivity index (χ4v) is 9.51. The van der Waals surface area contributed by atoms with Crippen LogP contribution in [0.2, 0.25) is 0 Å². The maximum atomic E-state index is 12.8. The highest BCUT2D eigenvalue weighted by molar-refractivity contribution is 7.45. The molecule has 0 aliphatic rings. The lowest BCUT2D eigenvalue weighted by molar-refractivity contribution is -0.870. The summed E-state index contributed by atoms with van der Waals surface area (Å²) < 4.78 is 34.2. The number of hydrogen-bond acceptors (Lipinski definition) is 8. The quantitative estimate of drug-likeness (QED) is 0.0195. The Hall–Kier alpha value is -4.11. The normalized spacial score (nSPS) is 14.1. The number of ether oxygens (including phenoxy) is 2. The van der Waals surface area contributed by atoms with Crippen LogP contribution in [0, 0.1) is 0 Å². The summed E-state index contributed by atoms with van der Waals surface area (Å²) in [5, 5.41) is 0. The molecule has 0 rings (SSSR count). The Bertz CT molecular complexity index is 1930. The van der Waals surface area contributed by atoms with E-state index < -0.39 is 32.5 Å². The van der Waals surface area contributed by atoms with Crippen LogP contribution in [0.4, 0.5) is 0 Å². The summed E-state index contributed by atoms with van der Waals surface area (Å²) in [6, 6.07) is 0. The fraction of sp³-hybridized carbons (Fsp3) is 0.649. The SMILES string of the molecule is CC/C=C\C/C=C\C/C=C\C/C=C\C/C=C\C/C=C\C/C=C\CCCCCCCCCCCCCCCCCCCC(=O)OC(COC(=O)CCCCCCC/C=C\C/C=C\C/C=C\C/C=C\C/C=C\CC)COP(=O)([O-])OCC[N+](C)(C)C. The van der Waals surface area contributed by atoms with Gasteiger partial charge < -0.3 is 27.9 Å². The van der Waals surface area contributed by atoms with Gasteiger partial charge in [-0.25, -0.2) is 0 Å².